The van der Waals surface area contributed by atoms with Gasteiger partial charge in [0.15, 0.2) is 0 Å². The topological polar surface area (TPSA) is 97.1 Å². The number of nitrogens with zero attached hydrogens (tertiary/aromatic N) is 6. The summed E-state index contributed by atoms with van der Waals surface area (Å²) in [5.41, 5.74) is 0.699. The van der Waals surface area contributed by atoms with Crippen LogP contribution in [0, 0.1) is 15.9 Å². The summed E-state index contributed by atoms with van der Waals surface area (Å²) in [6, 6.07) is 2.71. The first kappa shape index (κ1) is 21.0. The van der Waals surface area contributed by atoms with Crippen LogP contribution in [0.25, 0.3) is 11.1 Å². The molecule has 1 unspecified atom stereocenters. The summed E-state index contributed by atoms with van der Waals surface area (Å²) < 4.78 is 26.0. The van der Waals surface area contributed by atoms with Crippen LogP contribution < -0.4 is 9.80 Å². The predicted octanol–water partition coefficient (Wildman–Crippen LogP) is 1.55. The zero-order valence-electron chi connectivity index (χ0n) is 17.7. The van der Waals surface area contributed by atoms with Crippen molar-refractivity contribution in [1.82, 2.24) is 14.9 Å². The minimum atomic E-state index is -0.532. The van der Waals surface area contributed by atoms with Crippen molar-refractivity contribution in [1.29, 1.82) is 0 Å². The van der Waals surface area contributed by atoms with Gasteiger partial charge in [-0.25, -0.2) is 14.4 Å². The van der Waals surface area contributed by atoms with E-state index in [0.29, 0.717) is 69.8 Å². The third kappa shape index (κ3) is 4.10. The molecule has 11 heteroatoms. The molecule has 32 heavy (non-hydrogen) atoms. The highest BCUT2D eigenvalue weighted by molar-refractivity contribution is 5.74. The second-order valence-corrected chi connectivity index (χ2v) is 8.16. The number of halogens is 1. The fourth-order valence-electron chi connectivity index (χ4n) is 4.52. The van der Waals surface area contributed by atoms with E-state index in [9.17, 15) is 10.1 Å². The largest absolute Gasteiger partial charge is 0.378 e. The molecule has 3 fully saturated rings. The number of fused-ring (bicyclic) bond motifs is 1. The molecule has 2 aromatic rings. The first-order valence-corrected chi connectivity index (χ1v) is 10.8. The van der Waals surface area contributed by atoms with Gasteiger partial charge in [-0.05, 0) is 0 Å². The van der Waals surface area contributed by atoms with Crippen molar-refractivity contribution < 1.29 is 18.8 Å². The molecule has 10 nitrogen and oxygen atoms in total. The average Bonchev–Trinajstić information content (AvgIpc) is 2.84. The van der Waals surface area contributed by atoms with Crippen LogP contribution in [-0.2, 0) is 9.47 Å². The molecule has 0 spiro atoms. The van der Waals surface area contributed by atoms with Crippen molar-refractivity contribution in [2.75, 3.05) is 75.5 Å². The van der Waals surface area contributed by atoms with Crippen molar-refractivity contribution in [2.24, 2.45) is 0 Å². The molecule has 1 aromatic carbocycles. The molecule has 0 saturated carbocycles. The standard InChI is InChI=1S/C21H25FN6O4/c22-18-10-19(27-2-1-25-3-8-32-14-16(25)13-27)20(28(29)30)9-17(18)15-11-23-21(24-12-15)26-4-6-31-7-5-26/h9-12,16H,1-8,13-14H2. The van der Waals surface area contributed by atoms with Crippen molar-refractivity contribution in [3.05, 3.63) is 40.5 Å². The molecule has 4 heterocycles. The Kier molecular flexibility index (Phi) is 5.85. The van der Waals surface area contributed by atoms with E-state index in [0.717, 1.165) is 13.1 Å². The zero-order chi connectivity index (χ0) is 22.1. The Morgan fingerprint density at radius 1 is 1.00 bits per heavy atom. The summed E-state index contributed by atoms with van der Waals surface area (Å²) in [5.74, 6) is 0.00629. The maximum atomic E-state index is 15.2. The molecule has 0 amide bonds. The molecular weight excluding hydrogens is 419 g/mol. The normalized spacial score (nSPS) is 22.0. The molecule has 0 bridgehead atoms. The molecule has 5 rings (SSSR count). The summed E-state index contributed by atoms with van der Waals surface area (Å²) in [5, 5.41) is 11.9. The molecule has 0 radical (unpaired) electrons. The molecule has 1 aromatic heterocycles. The number of morpholine rings is 2. The Hall–Kier alpha value is -2.89. The minimum Gasteiger partial charge on any atom is -0.378 e. The number of piperazine rings is 1. The van der Waals surface area contributed by atoms with Gasteiger partial charge in [0.2, 0.25) is 5.95 Å². The lowest BCUT2D eigenvalue weighted by atomic mass is 10.0. The van der Waals surface area contributed by atoms with Crippen LogP contribution in [0.4, 0.5) is 21.7 Å². The molecule has 3 aliphatic rings. The Balaban J connectivity index is 1.42. The van der Waals surface area contributed by atoms with Crippen LogP contribution in [0.5, 0.6) is 0 Å². The lowest BCUT2D eigenvalue weighted by molar-refractivity contribution is -0.384. The van der Waals surface area contributed by atoms with Crippen LogP contribution in [0.1, 0.15) is 0 Å². The maximum absolute atomic E-state index is 15.2. The third-order valence-electron chi connectivity index (χ3n) is 6.28. The van der Waals surface area contributed by atoms with Gasteiger partial charge in [-0.3, -0.25) is 15.0 Å². The van der Waals surface area contributed by atoms with Crippen LogP contribution in [0.2, 0.25) is 0 Å². The van der Waals surface area contributed by atoms with E-state index in [1.54, 1.807) is 0 Å². The summed E-state index contributed by atoms with van der Waals surface area (Å²) in [7, 11) is 0. The number of nitro groups is 1. The van der Waals surface area contributed by atoms with Gasteiger partial charge in [0.1, 0.15) is 11.5 Å². The van der Waals surface area contributed by atoms with Gasteiger partial charge < -0.3 is 19.3 Å². The molecule has 1 atom stereocenters. The molecule has 0 aliphatic carbocycles. The highest BCUT2D eigenvalue weighted by Gasteiger charge is 2.33. The van der Waals surface area contributed by atoms with E-state index < -0.39 is 10.7 Å². The Labute approximate surface area is 184 Å². The van der Waals surface area contributed by atoms with Crippen molar-refractivity contribution in [2.45, 2.75) is 6.04 Å². The summed E-state index contributed by atoms with van der Waals surface area (Å²) >= 11 is 0. The van der Waals surface area contributed by atoms with Crippen molar-refractivity contribution in [3.63, 3.8) is 0 Å². The van der Waals surface area contributed by atoms with Gasteiger partial charge in [0, 0.05) is 74.9 Å². The number of ether oxygens (including phenoxy) is 2. The van der Waals surface area contributed by atoms with Crippen LogP contribution >= 0.6 is 0 Å². The lowest BCUT2D eigenvalue weighted by Crippen LogP contribution is -2.58. The highest BCUT2D eigenvalue weighted by atomic mass is 19.1. The number of hydrogen-bond acceptors (Lipinski definition) is 9. The first-order valence-electron chi connectivity index (χ1n) is 10.8. The summed E-state index contributed by atoms with van der Waals surface area (Å²) in [4.78, 5) is 26.3. The van der Waals surface area contributed by atoms with E-state index in [1.807, 2.05) is 9.80 Å². The number of hydrogen-bond donors (Lipinski definition) is 0. The number of benzene rings is 1. The molecule has 170 valence electrons. The van der Waals surface area contributed by atoms with Crippen LogP contribution in [0.15, 0.2) is 24.5 Å². The Morgan fingerprint density at radius 3 is 2.50 bits per heavy atom. The number of nitro benzene ring substituents is 1. The zero-order valence-corrected chi connectivity index (χ0v) is 17.7. The number of anilines is 2. The maximum Gasteiger partial charge on any atom is 0.293 e. The van der Waals surface area contributed by atoms with E-state index >= 15 is 4.39 Å². The van der Waals surface area contributed by atoms with E-state index in [2.05, 4.69) is 14.9 Å². The van der Waals surface area contributed by atoms with Crippen molar-refractivity contribution in [3.8, 4) is 11.1 Å². The quantitative estimate of drug-likeness (QED) is 0.514. The minimum absolute atomic E-state index is 0.119. The van der Waals surface area contributed by atoms with Gasteiger partial charge >= 0.3 is 0 Å². The predicted molar refractivity (Wildman–Crippen MR) is 116 cm³/mol. The van der Waals surface area contributed by atoms with Gasteiger partial charge in [0.25, 0.3) is 5.69 Å². The van der Waals surface area contributed by atoms with Crippen LogP contribution in [0.3, 0.4) is 0 Å². The SMILES string of the molecule is O=[N+]([O-])c1cc(-c2cnc(N3CCOCC3)nc2)c(F)cc1N1CCN2CCOCC2C1. The average molecular weight is 444 g/mol. The fourth-order valence-corrected chi connectivity index (χ4v) is 4.52. The van der Waals surface area contributed by atoms with Gasteiger partial charge in [-0.1, -0.05) is 0 Å². The number of aromatic nitrogens is 2. The third-order valence-corrected chi connectivity index (χ3v) is 6.28. The van der Waals surface area contributed by atoms with E-state index in [4.69, 9.17) is 9.47 Å². The van der Waals surface area contributed by atoms with Crippen molar-refractivity contribution >= 4 is 17.3 Å². The molecule has 3 aliphatic heterocycles. The smallest absolute Gasteiger partial charge is 0.293 e. The van der Waals surface area contributed by atoms with Crippen LogP contribution in [-0.4, -0.2) is 91.5 Å². The number of rotatable bonds is 4. The molecule has 0 N–H and O–H groups in total. The molecule has 3 saturated heterocycles. The van der Waals surface area contributed by atoms with Gasteiger partial charge in [0.05, 0.1) is 37.4 Å². The van der Waals surface area contributed by atoms with Gasteiger partial charge in [-0.2, -0.15) is 0 Å². The fraction of sp³-hybridized carbons (Fsp3) is 0.524. The first-order chi connectivity index (χ1) is 15.6. The van der Waals surface area contributed by atoms with E-state index in [-0.39, 0.29) is 17.3 Å². The monoisotopic (exact) mass is 444 g/mol. The lowest BCUT2D eigenvalue weighted by Gasteiger charge is -2.44. The summed E-state index contributed by atoms with van der Waals surface area (Å²) in [6.45, 7) is 6.66. The Morgan fingerprint density at radius 2 is 1.75 bits per heavy atom. The second kappa shape index (κ2) is 8.93. The summed E-state index contributed by atoms with van der Waals surface area (Å²) in [6.07, 6.45) is 3.02. The molecular formula is C21H25FN6O4. The highest BCUT2D eigenvalue weighted by Crippen LogP contribution is 2.36. The van der Waals surface area contributed by atoms with E-state index in [1.165, 1.54) is 24.5 Å². The van der Waals surface area contributed by atoms with Gasteiger partial charge in [-0.15, -0.1) is 0 Å². The second-order valence-electron chi connectivity index (χ2n) is 8.16. The Bertz CT molecular complexity index is 985.